The van der Waals surface area contributed by atoms with Crippen molar-refractivity contribution in [3.8, 4) is 0 Å². The zero-order valence-electron chi connectivity index (χ0n) is 10.0. The summed E-state index contributed by atoms with van der Waals surface area (Å²) in [4.78, 5) is 13.4. The molecule has 7 heteroatoms. The molecule has 3 unspecified atom stereocenters. The molecule has 0 saturated carbocycles. The number of benzene rings is 1. The van der Waals surface area contributed by atoms with Gasteiger partial charge in [-0.05, 0) is 28.1 Å². The second-order valence-electron chi connectivity index (χ2n) is 4.90. The standard InChI is InChI=1S/C12H14BrN3O3/c13-6-1-5-7(15-12(19)11(5)14)2-8(6)16-3-9(17)10(18)4-16/h1-2,9-11,17-18H,3-4,14H2,(H,15,19). The summed E-state index contributed by atoms with van der Waals surface area (Å²) in [7, 11) is 0. The number of hydrogen-bond acceptors (Lipinski definition) is 5. The van der Waals surface area contributed by atoms with E-state index in [-0.39, 0.29) is 5.91 Å². The van der Waals surface area contributed by atoms with E-state index in [0.717, 1.165) is 15.7 Å². The number of anilines is 2. The fraction of sp³-hybridized carbons (Fsp3) is 0.417. The molecule has 2 aliphatic heterocycles. The van der Waals surface area contributed by atoms with Crippen molar-refractivity contribution in [2.45, 2.75) is 18.2 Å². The Kier molecular flexibility index (Phi) is 3.01. The van der Waals surface area contributed by atoms with Gasteiger partial charge in [0.1, 0.15) is 6.04 Å². The Morgan fingerprint density at radius 1 is 1.32 bits per heavy atom. The number of halogens is 1. The third kappa shape index (κ3) is 2.02. The van der Waals surface area contributed by atoms with E-state index in [1.165, 1.54) is 0 Å². The van der Waals surface area contributed by atoms with Crippen LogP contribution in [0.2, 0.25) is 0 Å². The molecule has 1 aromatic carbocycles. The normalized spacial score (nSPS) is 29.6. The minimum Gasteiger partial charge on any atom is -0.389 e. The predicted molar refractivity (Wildman–Crippen MR) is 73.9 cm³/mol. The number of nitrogens with two attached hydrogens (primary N) is 1. The number of carbonyl (C=O) groups is 1. The van der Waals surface area contributed by atoms with Gasteiger partial charge in [-0.2, -0.15) is 0 Å². The maximum absolute atomic E-state index is 11.5. The molecule has 1 amide bonds. The maximum atomic E-state index is 11.5. The molecular weight excluding hydrogens is 314 g/mol. The molecule has 19 heavy (non-hydrogen) atoms. The van der Waals surface area contributed by atoms with Crippen LogP contribution in [-0.4, -0.2) is 41.4 Å². The fourth-order valence-corrected chi connectivity index (χ4v) is 3.11. The first-order valence-electron chi connectivity index (χ1n) is 5.98. The van der Waals surface area contributed by atoms with Crippen molar-refractivity contribution in [2.75, 3.05) is 23.3 Å². The fourth-order valence-electron chi connectivity index (χ4n) is 2.50. The molecule has 0 aromatic heterocycles. The summed E-state index contributed by atoms with van der Waals surface area (Å²) < 4.78 is 0.791. The molecular formula is C12H14BrN3O3. The summed E-state index contributed by atoms with van der Waals surface area (Å²) in [6, 6.07) is 2.98. The van der Waals surface area contributed by atoms with Crippen molar-refractivity contribution in [1.82, 2.24) is 0 Å². The Balaban J connectivity index is 1.97. The summed E-state index contributed by atoms with van der Waals surface area (Å²) in [5, 5.41) is 21.9. The lowest BCUT2D eigenvalue weighted by Gasteiger charge is -2.20. The highest BCUT2D eigenvalue weighted by Crippen LogP contribution is 2.39. The van der Waals surface area contributed by atoms with Gasteiger partial charge in [0.15, 0.2) is 0 Å². The highest BCUT2D eigenvalue weighted by Gasteiger charge is 2.33. The van der Waals surface area contributed by atoms with Gasteiger partial charge in [-0.1, -0.05) is 0 Å². The summed E-state index contributed by atoms with van der Waals surface area (Å²) in [6.07, 6.45) is -1.51. The van der Waals surface area contributed by atoms with Crippen LogP contribution in [0.5, 0.6) is 0 Å². The Hall–Kier alpha value is -1.15. The van der Waals surface area contributed by atoms with E-state index < -0.39 is 18.2 Å². The topological polar surface area (TPSA) is 98.8 Å². The van der Waals surface area contributed by atoms with E-state index in [4.69, 9.17) is 5.73 Å². The Morgan fingerprint density at radius 2 is 1.95 bits per heavy atom. The Labute approximate surface area is 118 Å². The highest BCUT2D eigenvalue weighted by molar-refractivity contribution is 9.10. The van der Waals surface area contributed by atoms with Gasteiger partial charge in [-0.25, -0.2) is 0 Å². The van der Waals surface area contributed by atoms with Crippen molar-refractivity contribution in [3.63, 3.8) is 0 Å². The molecule has 0 bridgehead atoms. The minimum absolute atomic E-state index is 0.222. The second kappa shape index (κ2) is 4.45. The van der Waals surface area contributed by atoms with Crippen LogP contribution in [0.1, 0.15) is 11.6 Å². The van der Waals surface area contributed by atoms with E-state index in [1.807, 2.05) is 17.0 Å². The molecule has 0 spiro atoms. The second-order valence-corrected chi connectivity index (χ2v) is 5.75. The van der Waals surface area contributed by atoms with E-state index in [1.54, 1.807) is 0 Å². The Morgan fingerprint density at radius 3 is 2.58 bits per heavy atom. The minimum atomic E-state index is -0.753. The average molecular weight is 328 g/mol. The van der Waals surface area contributed by atoms with Gasteiger partial charge in [-0.3, -0.25) is 4.79 Å². The largest absolute Gasteiger partial charge is 0.389 e. The van der Waals surface area contributed by atoms with Gasteiger partial charge >= 0.3 is 0 Å². The van der Waals surface area contributed by atoms with Crippen LogP contribution in [0.15, 0.2) is 16.6 Å². The zero-order valence-corrected chi connectivity index (χ0v) is 11.6. The number of carbonyl (C=O) groups excluding carboxylic acids is 1. The molecule has 1 aromatic rings. The smallest absolute Gasteiger partial charge is 0.245 e. The molecule has 1 fully saturated rings. The average Bonchev–Trinajstić information content (AvgIpc) is 2.82. The molecule has 2 aliphatic rings. The molecule has 3 atom stereocenters. The molecule has 102 valence electrons. The number of aliphatic hydroxyl groups excluding tert-OH is 2. The highest BCUT2D eigenvalue weighted by atomic mass is 79.9. The van der Waals surface area contributed by atoms with Crippen molar-refractivity contribution < 1.29 is 15.0 Å². The number of nitrogens with one attached hydrogen (secondary N) is 1. The lowest BCUT2D eigenvalue weighted by molar-refractivity contribution is -0.116. The van der Waals surface area contributed by atoms with Crippen LogP contribution in [0.25, 0.3) is 0 Å². The zero-order chi connectivity index (χ0) is 13.7. The molecule has 5 N–H and O–H groups in total. The number of amides is 1. The molecule has 2 heterocycles. The van der Waals surface area contributed by atoms with E-state index in [2.05, 4.69) is 21.2 Å². The number of β-amino-alcohol motifs (C(OH)–C–C–N with tert-alkyl or cyclic N) is 2. The van der Waals surface area contributed by atoms with Crippen LogP contribution in [0, 0.1) is 0 Å². The van der Waals surface area contributed by atoms with Crippen LogP contribution >= 0.6 is 15.9 Å². The van der Waals surface area contributed by atoms with Gasteiger partial charge in [0.05, 0.1) is 17.9 Å². The van der Waals surface area contributed by atoms with E-state index in [0.29, 0.717) is 18.8 Å². The summed E-state index contributed by atoms with van der Waals surface area (Å²) in [5.74, 6) is -0.222. The molecule has 0 radical (unpaired) electrons. The lowest BCUT2D eigenvalue weighted by Crippen LogP contribution is -2.22. The monoisotopic (exact) mass is 327 g/mol. The van der Waals surface area contributed by atoms with Crippen molar-refractivity contribution in [3.05, 3.63) is 22.2 Å². The number of rotatable bonds is 1. The predicted octanol–water partition coefficient (Wildman–Crippen LogP) is -0.0572. The van der Waals surface area contributed by atoms with Crippen LogP contribution in [0.4, 0.5) is 11.4 Å². The van der Waals surface area contributed by atoms with Crippen LogP contribution < -0.4 is 16.0 Å². The molecule has 1 saturated heterocycles. The number of aliphatic hydroxyl groups is 2. The van der Waals surface area contributed by atoms with E-state index >= 15 is 0 Å². The number of hydrogen-bond donors (Lipinski definition) is 4. The quantitative estimate of drug-likeness (QED) is 0.579. The summed E-state index contributed by atoms with van der Waals surface area (Å²) in [6.45, 7) is 0.719. The first-order chi connectivity index (χ1) is 8.97. The van der Waals surface area contributed by atoms with Gasteiger partial charge in [0.2, 0.25) is 5.91 Å². The molecule has 3 rings (SSSR count). The van der Waals surface area contributed by atoms with Crippen LogP contribution in [0.3, 0.4) is 0 Å². The van der Waals surface area contributed by atoms with Gasteiger partial charge < -0.3 is 26.2 Å². The van der Waals surface area contributed by atoms with Crippen molar-refractivity contribution in [1.29, 1.82) is 0 Å². The van der Waals surface area contributed by atoms with Gasteiger partial charge in [0.25, 0.3) is 0 Å². The third-order valence-electron chi connectivity index (χ3n) is 3.59. The summed E-state index contributed by atoms with van der Waals surface area (Å²) in [5.41, 5.74) is 8.04. The lowest BCUT2D eigenvalue weighted by atomic mass is 10.1. The molecule has 0 aliphatic carbocycles. The molecule has 6 nitrogen and oxygen atoms in total. The van der Waals surface area contributed by atoms with Gasteiger partial charge in [0, 0.05) is 28.8 Å². The number of nitrogens with zero attached hydrogens (tertiary/aromatic N) is 1. The SMILES string of the molecule is NC1C(=O)Nc2cc(N3CC(O)C(O)C3)c(Br)cc21. The van der Waals surface area contributed by atoms with Gasteiger partial charge in [-0.15, -0.1) is 0 Å². The van der Waals surface area contributed by atoms with Crippen molar-refractivity contribution >= 4 is 33.2 Å². The third-order valence-corrected chi connectivity index (χ3v) is 4.23. The van der Waals surface area contributed by atoms with Crippen LogP contribution in [-0.2, 0) is 4.79 Å². The Bertz CT molecular complexity index is 541. The number of fused-ring (bicyclic) bond motifs is 1. The first kappa shape index (κ1) is 12.9. The van der Waals surface area contributed by atoms with Crippen molar-refractivity contribution in [2.24, 2.45) is 5.73 Å². The maximum Gasteiger partial charge on any atom is 0.245 e. The van der Waals surface area contributed by atoms with E-state index in [9.17, 15) is 15.0 Å². The summed E-state index contributed by atoms with van der Waals surface area (Å²) >= 11 is 3.45. The first-order valence-corrected chi connectivity index (χ1v) is 6.77.